The van der Waals surface area contributed by atoms with E-state index in [9.17, 15) is 9.59 Å². The summed E-state index contributed by atoms with van der Waals surface area (Å²) in [5.41, 5.74) is 2.11. The zero-order chi connectivity index (χ0) is 21.8. The maximum Gasteiger partial charge on any atom is 0.253 e. The minimum Gasteiger partial charge on any atom is -0.342 e. The van der Waals surface area contributed by atoms with Gasteiger partial charge >= 0.3 is 0 Å². The molecule has 7 heteroatoms. The Bertz CT molecular complexity index is 1090. The zero-order valence-electron chi connectivity index (χ0n) is 17.7. The smallest absolute Gasteiger partial charge is 0.253 e. The van der Waals surface area contributed by atoms with Gasteiger partial charge in [-0.3, -0.25) is 9.59 Å². The number of para-hydroxylation sites is 2. The molecule has 0 bridgehead atoms. The van der Waals surface area contributed by atoms with Crippen LogP contribution >= 0.6 is 11.6 Å². The molecule has 1 saturated heterocycles. The quantitative estimate of drug-likeness (QED) is 0.633. The van der Waals surface area contributed by atoms with Gasteiger partial charge in [0.2, 0.25) is 5.91 Å². The predicted octanol–water partition coefficient (Wildman–Crippen LogP) is 4.58. The van der Waals surface area contributed by atoms with Crippen molar-refractivity contribution >= 4 is 34.4 Å². The number of aromatic nitrogens is 2. The molecular weight excluding hydrogens is 412 g/mol. The van der Waals surface area contributed by atoms with Crippen molar-refractivity contribution in [3.05, 3.63) is 64.9 Å². The third-order valence-electron chi connectivity index (χ3n) is 5.79. The number of hydrogen-bond acceptors (Lipinski definition) is 3. The van der Waals surface area contributed by atoms with Crippen LogP contribution in [0, 0.1) is 0 Å². The number of carbonyl (C=O) groups is 2. The molecule has 4 rings (SSSR count). The molecule has 1 unspecified atom stereocenters. The molecule has 0 radical (unpaired) electrons. The van der Waals surface area contributed by atoms with Gasteiger partial charge in [0.15, 0.2) is 0 Å². The average Bonchev–Trinajstić information content (AvgIpc) is 2.93. The fraction of sp³-hybridized carbons (Fsp3) is 0.375. The van der Waals surface area contributed by atoms with Crippen molar-refractivity contribution in [1.29, 1.82) is 0 Å². The number of likely N-dealkylation sites (tertiary alicyclic amines) is 1. The van der Waals surface area contributed by atoms with Crippen molar-refractivity contribution < 1.29 is 9.59 Å². The number of halogens is 1. The molecule has 1 fully saturated rings. The van der Waals surface area contributed by atoms with Crippen LogP contribution in [-0.4, -0.2) is 39.4 Å². The number of nitrogens with zero attached hydrogens (tertiary/aromatic N) is 3. The van der Waals surface area contributed by atoms with Gasteiger partial charge in [-0.25, -0.2) is 4.98 Å². The van der Waals surface area contributed by atoms with E-state index in [1.54, 1.807) is 24.3 Å². The number of amides is 2. The van der Waals surface area contributed by atoms with Crippen LogP contribution in [0.3, 0.4) is 0 Å². The Kier molecular flexibility index (Phi) is 6.56. The maximum absolute atomic E-state index is 13.1. The maximum atomic E-state index is 13.1. The van der Waals surface area contributed by atoms with E-state index in [0.717, 1.165) is 37.0 Å². The minimum atomic E-state index is -0.395. The van der Waals surface area contributed by atoms with E-state index in [4.69, 9.17) is 16.6 Å². The lowest BCUT2D eigenvalue weighted by molar-refractivity contribution is -0.131. The standard InChI is InChI=1S/C24H27ClN4O2/c1-17(26-24(31)18-10-4-5-11-19(18)25)23-27-20-12-6-7-13-21(20)29(23)16-22(30)28-14-8-2-3-9-15-28/h4-7,10-13,17H,2-3,8-9,14-16H2,1H3,(H,26,31). The van der Waals surface area contributed by atoms with E-state index in [1.165, 1.54) is 12.8 Å². The summed E-state index contributed by atoms with van der Waals surface area (Å²) in [4.78, 5) is 32.6. The summed E-state index contributed by atoms with van der Waals surface area (Å²) in [6.45, 7) is 3.70. The second-order valence-corrected chi connectivity index (χ2v) is 8.42. The first-order chi connectivity index (χ1) is 15.0. The van der Waals surface area contributed by atoms with Gasteiger partial charge in [0.25, 0.3) is 5.91 Å². The SMILES string of the molecule is CC(NC(=O)c1ccccc1Cl)c1nc2ccccc2n1CC(=O)N1CCCCCC1. The first-order valence-corrected chi connectivity index (χ1v) is 11.2. The Morgan fingerprint density at radius 3 is 2.45 bits per heavy atom. The molecule has 6 nitrogen and oxygen atoms in total. The number of imidazole rings is 1. The Hall–Kier alpha value is -2.86. The fourth-order valence-corrected chi connectivity index (χ4v) is 4.35. The zero-order valence-corrected chi connectivity index (χ0v) is 18.4. The molecule has 1 aliphatic rings. The van der Waals surface area contributed by atoms with Gasteiger partial charge < -0.3 is 14.8 Å². The van der Waals surface area contributed by atoms with Crippen molar-refractivity contribution in [2.45, 2.75) is 45.2 Å². The van der Waals surface area contributed by atoms with Crippen LogP contribution in [0.5, 0.6) is 0 Å². The molecule has 1 N–H and O–H groups in total. The van der Waals surface area contributed by atoms with E-state index in [-0.39, 0.29) is 18.4 Å². The lowest BCUT2D eigenvalue weighted by Crippen LogP contribution is -2.36. The molecule has 3 aromatic rings. The monoisotopic (exact) mass is 438 g/mol. The average molecular weight is 439 g/mol. The van der Waals surface area contributed by atoms with Crippen LogP contribution in [-0.2, 0) is 11.3 Å². The van der Waals surface area contributed by atoms with E-state index in [1.807, 2.05) is 40.7 Å². The summed E-state index contributed by atoms with van der Waals surface area (Å²) in [5, 5.41) is 3.39. The molecule has 31 heavy (non-hydrogen) atoms. The van der Waals surface area contributed by atoms with Gasteiger partial charge in [-0.2, -0.15) is 0 Å². The molecule has 162 valence electrons. The molecule has 1 atom stereocenters. The first-order valence-electron chi connectivity index (χ1n) is 10.8. The molecule has 1 aliphatic heterocycles. The van der Waals surface area contributed by atoms with Crippen molar-refractivity contribution in [3.8, 4) is 0 Å². The van der Waals surface area contributed by atoms with E-state index >= 15 is 0 Å². The van der Waals surface area contributed by atoms with Gasteiger partial charge in [0, 0.05) is 13.1 Å². The molecule has 2 aromatic carbocycles. The Balaban J connectivity index is 1.60. The molecule has 2 heterocycles. The summed E-state index contributed by atoms with van der Waals surface area (Å²) in [5.74, 6) is 0.483. The fourth-order valence-electron chi connectivity index (χ4n) is 4.13. The lowest BCUT2D eigenvalue weighted by Gasteiger charge is -2.22. The van der Waals surface area contributed by atoms with Crippen molar-refractivity contribution in [2.24, 2.45) is 0 Å². The molecule has 0 spiro atoms. The number of nitrogens with one attached hydrogen (secondary N) is 1. The van der Waals surface area contributed by atoms with Gasteiger partial charge in [0.1, 0.15) is 12.4 Å². The molecule has 0 saturated carbocycles. The highest BCUT2D eigenvalue weighted by Gasteiger charge is 2.23. The van der Waals surface area contributed by atoms with Gasteiger partial charge in [-0.1, -0.05) is 48.7 Å². The molecule has 2 amide bonds. The highest BCUT2D eigenvalue weighted by atomic mass is 35.5. The Labute approximate surface area is 187 Å². The van der Waals surface area contributed by atoms with E-state index in [0.29, 0.717) is 16.4 Å². The van der Waals surface area contributed by atoms with Crippen molar-refractivity contribution in [3.63, 3.8) is 0 Å². The lowest BCUT2D eigenvalue weighted by atomic mass is 10.2. The Morgan fingerprint density at radius 1 is 1.03 bits per heavy atom. The van der Waals surface area contributed by atoms with E-state index in [2.05, 4.69) is 5.32 Å². The number of benzene rings is 2. The van der Waals surface area contributed by atoms with Crippen LogP contribution in [0.4, 0.5) is 0 Å². The van der Waals surface area contributed by atoms with Crippen LogP contribution < -0.4 is 5.32 Å². The van der Waals surface area contributed by atoms with Crippen LogP contribution in [0.1, 0.15) is 54.8 Å². The highest BCUT2D eigenvalue weighted by molar-refractivity contribution is 6.33. The summed E-state index contributed by atoms with van der Waals surface area (Å²) in [7, 11) is 0. The van der Waals surface area contributed by atoms with Gasteiger partial charge in [0.05, 0.1) is 27.7 Å². The number of rotatable bonds is 5. The van der Waals surface area contributed by atoms with Crippen molar-refractivity contribution in [1.82, 2.24) is 19.8 Å². The van der Waals surface area contributed by atoms with E-state index < -0.39 is 6.04 Å². The van der Waals surface area contributed by atoms with Crippen LogP contribution in [0.25, 0.3) is 11.0 Å². The summed E-state index contributed by atoms with van der Waals surface area (Å²) in [6.07, 6.45) is 4.45. The van der Waals surface area contributed by atoms with Crippen molar-refractivity contribution in [2.75, 3.05) is 13.1 Å². The Morgan fingerprint density at radius 2 is 1.71 bits per heavy atom. The second kappa shape index (κ2) is 9.52. The van der Waals surface area contributed by atoms with Crippen LogP contribution in [0.2, 0.25) is 5.02 Å². The molecule has 0 aliphatic carbocycles. The number of hydrogen-bond donors (Lipinski definition) is 1. The third kappa shape index (κ3) is 4.74. The normalized spacial score (nSPS) is 15.5. The molecule has 1 aromatic heterocycles. The van der Waals surface area contributed by atoms with Crippen LogP contribution in [0.15, 0.2) is 48.5 Å². The number of fused-ring (bicyclic) bond motifs is 1. The summed E-state index contributed by atoms with van der Waals surface area (Å²) >= 11 is 6.18. The minimum absolute atomic E-state index is 0.0935. The topological polar surface area (TPSA) is 67.2 Å². The summed E-state index contributed by atoms with van der Waals surface area (Å²) in [6, 6.07) is 14.3. The predicted molar refractivity (Wildman–Crippen MR) is 122 cm³/mol. The molecular formula is C24H27ClN4O2. The van der Waals surface area contributed by atoms with Gasteiger partial charge in [-0.05, 0) is 44.0 Å². The highest BCUT2D eigenvalue weighted by Crippen LogP contribution is 2.23. The first kappa shape index (κ1) is 21.4. The summed E-state index contributed by atoms with van der Waals surface area (Å²) < 4.78 is 1.93. The van der Waals surface area contributed by atoms with Gasteiger partial charge in [-0.15, -0.1) is 0 Å². The number of carbonyl (C=O) groups excluding carboxylic acids is 2. The largest absolute Gasteiger partial charge is 0.342 e. The second-order valence-electron chi connectivity index (χ2n) is 8.01. The third-order valence-corrected chi connectivity index (χ3v) is 6.12.